The minimum absolute atomic E-state index is 0.0729. The fraction of sp³-hybridized carbons (Fsp3) is 0.414. The predicted octanol–water partition coefficient (Wildman–Crippen LogP) is 5.41. The Morgan fingerprint density at radius 1 is 0.944 bits per heavy atom. The van der Waals surface area contributed by atoms with Crippen molar-refractivity contribution in [3.8, 4) is 11.3 Å². The van der Waals surface area contributed by atoms with E-state index in [1.165, 1.54) is 48.9 Å². The number of rotatable bonds is 7. The van der Waals surface area contributed by atoms with Gasteiger partial charge in [0.2, 0.25) is 0 Å². The van der Waals surface area contributed by atoms with Crippen LogP contribution in [-0.4, -0.2) is 61.8 Å². The molecule has 6 nitrogen and oxygen atoms in total. The summed E-state index contributed by atoms with van der Waals surface area (Å²) in [6, 6.07) is 20.4. The number of nitrogens with zero attached hydrogens (tertiary/aromatic N) is 6. The summed E-state index contributed by atoms with van der Waals surface area (Å²) in [5.41, 5.74) is 4.75. The second-order valence-corrected chi connectivity index (χ2v) is 11.2. The van der Waals surface area contributed by atoms with Crippen LogP contribution in [0.3, 0.4) is 0 Å². The molecule has 1 unspecified atom stereocenters. The Morgan fingerprint density at radius 2 is 1.78 bits per heavy atom. The van der Waals surface area contributed by atoms with Crippen LogP contribution in [-0.2, 0) is 6.54 Å². The van der Waals surface area contributed by atoms with E-state index in [4.69, 9.17) is 5.10 Å². The first-order chi connectivity index (χ1) is 17.7. The van der Waals surface area contributed by atoms with Crippen LogP contribution in [0.2, 0.25) is 0 Å². The van der Waals surface area contributed by atoms with E-state index in [0.717, 1.165) is 48.7 Å². The lowest BCUT2D eigenvalue weighted by atomic mass is 9.91. The highest BCUT2D eigenvalue weighted by molar-refractivity contribution is 7.09. The first-order valence-corrected chi connectivity index (χ1v) is 14.0. The summed E-state index contributed by atoms with van der Waals surface area (Å²) in [5.74, 6) is 1.02. The Kier molecular flexibility index (Phi) is 6.94. The van der Waals surface area contributed by atoms with Crippen molar-refractivity contribution in [3.63, 3.8) is 0 Å². The summed E-state index contributed by atoms with van der Waals surface area (Å²) in [5, 5.41) is 12.3. The lowest BCUT2D eigenvalue weighted by Gasteiger charge is -2.37. The zero-order valence-electron chi connectivity index (χ0n) is 21.0. The fourth-order valence-electron chi connectivity index (χ4n) is 5.57. The molecule has 4 aromatic rings. The van der Waals surface area contributed by atoms with E-state index >= 15 is 0 Å². The number of aromatic nitrogens is 4. The molecule has 0 radical (unpaired) electrons. The fourth-order valence-corrected chi connectivity index (χ4v) is 6.19. The molecular formula is C29H34N6S. The van der Waals surface area contributed by atoms with Gasteiger partial charge in [-0.1, -0.05) is 61.0 Å². The molecule has 1 aliphatic heterocycles. The lowest BCUT2D eigenvalue weighted by Crippen LogP contribution is -2.42. The summed E-state index contributed by atoms with van der Waals surface area (Å²) in [6.07, 6.45) is 7.20. The summed E-state index contributed by atoms with van der Waals surface area (Å²) in [7, 11) is 0. The standard InChI is InChI=1S/C29H34N6S/c1-22-31-27(20-36-22)24-11-13-25(14-12-24)28(34-16-6-15-33(17-18-34)26-9-5-10-26)29-32-30-21-35(29)19-23-7-3-2-4-8-23/h2-4,7-8,11-14,20-21,26,28H,5-6,9-10,15-19H2,1H3. The Bertz CT molecular complexity index is 1260. The molecule has 1 aliphatic carbocycles. The molecule has 36 heavy (non-hydrogen) atoms. The molecule has 2 aromatic carbocycles. The molecule has 3 heterocycles. The number of hydrogen-bond donors (Lipinski definition) is 0. The molecule has 2 aliphatic rings. The van der Waals surface area contributed by atoms with Gasteiger partial charge < -0.3 is 4.57 Å². The van der Waals surface area contributed by atoms with Gasteiger partial charge in [-0.25, -0.2) is 4.98 Å². The van der Waals surface area contributed by atoms with Crippen LogP contribution in [0.5, 0.6) is 0 Å². The molecule has 0 spiro atoms. The van der Waals surface area contributed by atoms with Crippen LogP contribution in [0.1, 0.15) is 53.7 Å². The number of thiazole rings is 1. The molecule has 7 heteroatoms. The largest absolute Gasteiger partial charge is 0.311 e. The van der Waals surface area contributed by atoms with Gasteiger partial charge >= 0.3 is 0 Å². The summed E-state index contributed by atoms with van der Waals surface area (Å²) < 4.78 is 2.23. The van der Waals surface area contributed by atoms with Gasteiger partial charge in [-0.2, -0.15) is 0 Å². The maximum absolute atomic E-state index is 4.71. The van der Waals surface area contributed by atoms with E-state index in [0.29, 0.717) is 0 Å². The zero-order chi connectivity index (χ0) is 24.3. The molecule has 1 atom stereocenters. The summed E-state index contributed by atoms with van der Waals surface area (Å²) in [6.45, 7) is 7.28. The van der Waals surface area contributed by atoms with E-state index in [9.17, 15) is 0 Å². The maximum atomic E-state index is 4.71. The number of hydrogen-bond acceptors (Lipinski definition) is 6. The van der Waals surface area contributed by atoms with Gasteiger partial charge in [0.25, 0.3) is 0 Å². The SMILES string of the molecule is Cc1nc(-c2ccc(C(c3nncn3Cc3ccccc3)N3CCCN(C4CCC4)CC3)cc2)cs1. The Hall–Kier alpha value is -2.87. The Balaban J connectivity index is 1.32. The molecule has 0 bridgehead atoms. The monoisotopic (exact) mass is 498 g/mol. The van der Waals surface area contributed by atoms with Crippen molar-refractivity contribution < 1.29 is 0 Å². The van der Waals surface area contributed by atoms with Gasteiger partial charge in [-0.05, 0) is 43.9 Å². The van der Waals surface area contributed by atoms with Crippen LogP contribution in [0.15, 0.2) is 66.3 Å². The first kappa shape index (κ1) is 23.5. The highest BCUT2D eigenvalue weighted by atomic mass is 32.1. The highest BCUT2D eigenvalue weighted by Crippen LogP contribution is 2.32. The van der Waals surface area contributed by atoms with E-state index in [1.807, 2.05) is 6.33 Å². The minimum Gasteiger partial charge on any atom is -0.311 e. The van der Waals surface area contributed by atoms with Crippen molar-refractivity contribution in [2.75, 3.05) is 26.2 Å². The highest BCUT2D eigenvalue weighted by Gasteiger charge is 2.32. The van der Waals surface area contributed by atoms with E-state index < -0.39 is 0 Å². The minimum atomic E-state index is 0.0729. The van der Waals surface area contributed by atoms with E-state index in [-0.39, 0.29) is 6.04 Å². The second-order valence-electron chi connectivity index (χ2n) is 10.1. The van der Waals surface area contributed by atoms with Crippen LogP contribution in [0.4, 0.5) is 0 Å². The van der Waals surface area contributed by atoms with Crippen molar-refractivity contribution in [1.82, 2.24) is 29.5 Å². The van der Waals surface area contributed by atoms with Gasteiger partial charge in [-0.3, -0.25) is 9.80 Å². The van der Waals surface area contributed by atoms with E-state index in [2.05, 4.69) is 91.4 Å². The van der Waals surface area contributed by atoms with Gasteiger partial charge in [0.05, 0.1) is 23.3 Å². The molecule has 0 N–H and O–H groups in total. The molecule has 2 fully saturated rings. The Labute approximate surface area is 217 Å². The third kappa shape index (κ3) is 5.01. The van der Waals surface area contributed by atoms with Gasteiger partial charge in [0.15, 0.2) is 5.82 Å². The first-order valence-electron chi connectivity index (χ1n) is 13.2. The zero-order valence-corrected chi connectivity index (χ0v) is 21.8. The average molecular weight is 499 g/mol. The molecule has 186 valence electrons. The number of benzene rings is 2. The van der Waals surface area contributed by atoms with E-state index in [1.54, 1.807) is 11.3 Å². The normalized spacial score (nSPS) is 18.6. The van der Waals surface area contributed by atoms with Gasteiger partial charge in [0, 0.05) is 36.6 Å². The van der Waals surface area contributed by atoms with Crippen LogP contribution in [0, 0.1) is 6.92 Å². The van der Waals surface area contributed by atoms with Crippen molar-refractivity contribution in [2.45, 2.75) is 51.2 Å². The van der Waals surface area contributed by atoms with Crippen molar-refractivity contribution in [2.24, 2.45) is 0 Å². The van der Waals surface area contributed by atoms with Crippen molar-refractivity contribution in [3.05, 3.63) is 88.3 Å². The van der Waals surface area contributed by atoms with Gasteiger partial charge in [-0.15, -0.1) is 21.5 Å². The Morgan fingerprint density at radius 3 is 2.50 bits per heavy atom. The molecule has 1 saturated carbocycles. The number of aryl methyl sites for hydroxylation is 1. The third-order valence-corrected chi connectivity index (χ3v) is 8.52. The molecule has 6 rings (SSSR count). The smallest absolute Gasteiger partial charge is 0.155 e. The topological polar surface area (TPSA) is 50.1 Å². The van der Waals surface area contributed by atoms with Crippen molar-refractivity contribution >= 4 is 11.3 Å². The lowest BCUT2D eigenvalue weighted by molar-refractivity contribution is 0.127. The molecular weight excluding hydrogens is 464 g/mol. The van der Waals surface area contributed by atoms with Crippen LogP contribution in [0.25, 0.3) is 11.3 Å². The summed E-state index contributed by atoms with van der Waals surface area (Å²) >= 11 is 1.70. The maximum Gasteiger partial charge on any atom is 0.155 e. The van der Waals surface area contributed by atoms with Crippen molar-refractivity contribution in [1.29, 1.82) is 0 Å². The molecule has 0 amide bonds. The third-order valence-electron chi connectivity index (χ3n) is 7.75. The average Bonchev–Trinajstić information content (AvgIpc) is 3.44. The van der Waals surface area contributed by atoms with Crippen LogP contribution >= 0.6 is 11.3 Å². The predicted molar refractivity (Wildman–Crippen MR) is 145 cm³/mol. The van der Waals surface area contributed by atoms with Gasteiger partial charge in [0.1, 0.15) is 6.33 Å². The molecule has 2 aromatic heterocycles. The summed E-state index contributed by atoms with van der Waals surface area (Å²) in [4.78, 5) is 10.0. The molecule has 1 saturated heterocycles. The van der Waals surface area contributed by atoms with Crippen LogP contribution < -0.4 is 0 Å². The quantitative estimate of drug-likeness (QED) is 0.341. The second kappa shape index (κ2) is 10.6.